The molecule has 1 atom stereocenters. The van der Waals surface area contributed by atoms with E-state index in [1.54, 1.807) is 18.5 Å². The van der Waals surface area contributed by atoms with Crippen LogP contribution in [-0.2, 0) is 4.79 Å². The summed E-state index contributed by atoms with van der Waals surface area (Å²) in [6.45, 7) is 0. The summed E-state index contributed by atoms with van der Waals surface area (Å²) in [7, 11) is 0. The van der Waals surface area contributed by atoms with Crippen LogP contribution in [0.3, 0.4) is 0 Å². The molecule has 6 heteroatoms. The van der Waals surface area contributed by atoms with Crippen molar-refractivity contribution in [3.63, 3.8) is 0 Å². The van der Waals surface area contributed by atoms with Crippen LogP contribution in [0.1, 0.15) is 10.8 Å². The molecule has 0 aliphatic carbocycles. The molecule has 0 bridgehead atoms. The van der Waals surface area contributed by atoms with E-state index in [1.807, 2.05) is 30.3 Å². The fourth-order valence-corrected chi connectivity index (χ4v) is 3.01. The Morgan fingerprint density at radius 1 is 0.958 bits per heavy atom. The van der Waals surface area contributed by atoms with Gasteiger partial charge in [0, 0.05) is 18.1 Å². The molecular weight excluding hydrogens is 325 g/mol. The van der Waals surface area contributed by atoms with Gasteiger partial charge in [0.1, 0.15) is 11.1 Å². The van der Waals surface area contributed by atoms with Crippen molar-refractivity contribution in [3.8, 4) is 0 Å². The Bertz CT molecular complexity index is 798. The first-order valence-corrected chi connectivity index (χ1v) is 8.15. The number of carbonyl (C=O) groups excluding carboxylic acids is 1. The summed E-state index contributed by atoms with van der Waals surface area (Å²) in [5.41, 5.74) is 1.38. The monoisotopic (exact) mass is 339 g/mol. The SMILES string of the molecule is O=C(Nc1ccc(F)cc1)[C@@H](Sc1ncccn1)c1ccccc1. The number of hydrogen-bond donors (Lipinski definition) is 1. The van der Waals surface area contributed by atoms with Crippen molar-refractivity contribution < 1.29 is 9.18 Å². The number of hydrogen-bond acceptors (Lipinski definition) is 4. The lowest BCUT2D eigenvalue weighted by atomic mass is 10.1. The zero-order valence-electron chi connectivity index (χ0n) is 12.6. The number of anilines is 1. The van der Waals surface area contributed by atoms with Gasteiger partial charge in [-0.25, -0.2) is 14.4 Å². The molecule has 0 saturated carbocycles. The van der Waals surface area contributed by atoms with Crippen LogP contribution in [0, 0.1) is 5.82 Å². The van der Waals surface area contributed by atoms with E-state index in [0.29, 0.717) is 10.8 Å². The first kappa shape index (κ1) is 16.1. The van der Waals surface area contributed by atoms with Crippen LogP contribution in [-0.4, -0.2) is 15.9 Å². The molecule has 2 aromatic carbocycles. The molecule has 120 valence electrons. The number of carbonyl (C=O) groups is 1. The number of nitrogens with zero attached hydrogens (tertiary/aromatic N) is 2. The Morgan fingerprint density at radius 2 is 1.62 bits per heavy atom. The average molecular weight is 339 g/mol. The van der Waals surface area contributed by atoms with Gasteiger partial charge in [-0.15, -0.1) is 0 Å². The normalized spacial score (nSPS) is 11.7. The number of benzene rings is 2. The third-order valence-electron chi connectivity index (χ3n) is 3.22. The fraction of sp³-hybridized carbons (Fsp3) is 0.0556. The van der Waals surface area contributed by atoms with E-state index in [-0.39, 0.29) is 11.7 Å². The molecule has 0 aliphatic rings. The molecule has 0 fully saturated rings. The van der Waals surface area contributed by atoms with Crippen LogP contribution >= 0.6 is 11.8 Å². The Balaban J connectivity index is 1.83. The second-order valence-electron chi connectivity index (χ2n) is 4.94. The highest BCUT2D eigenvalue weighted by molar-refractivity contribution is 8.00. The third-order valence-corrected chi connectivity index (χ3v) is 4.36. The summed E-state index contributed by atoms with van der Waals surface area (Å²) in [4.78, 5) is 21.1. The molecule has 4 nitrogen and oxygen atoms in total. The molecule has 0 spiro atoms. The number of amides is 1. The van der Waals surface area contributed by atoms with E-state index in [2.05, 4.69) is 15.3 Å². The third kappa shape index (κ3) is 4.17. The Labute approximate surface area is 143 Å². The van der Waals surface area contributed by atoms with Gasteiger partial charge in [0.15, 0.2) is 5.16 Å². The standard InChI is InChI=1S/C18H14FN3OS/c19-14-7-9-15(10-8-14)22-17(23)16(13-5-2-1-3-6-13)24-18-20-11-4-12-21-18/h1-12,16H,(H,22,23)/t16-/m0/s1. The van der Waals surface area contributed by atoms with Crippen LogP contribution in [0.25, 0.3) is 0 Å². The number of aromatic nitrogens is 2. The first-order valence-electron chi connectivity index (χ1n) is 7.27. The van der Waals surface area contributed by atoms with Gasteiger partial charge < -0.3 is 5.32 Å². The summed E-state index contributed by atoms with van der Waals surface area (Å²) in [5, 5.41) is 2.81. The van der Waals surface area contributed by atoms with Gasteiger partial charge in [-0.05, 0) is 35.9 Å². The van der Waals surface area contributed by atoms with Gasteiger partial charge in [0.25, 0.3) is 0 Å². The van der Waals surface area contributed by atoms with Gasteiger partial charge in [-0.1, -0.05) is 42.1 Å². The van der Waals surface area contributed by atoms with Crippen molar-refractivity contribution in [3.05, 3.63) is 84.4 Å². The largest absolute Gasteiger partial charge is 0.325 e. The van der Waals surface area contributed by atoms with Gasteiger partial charge in [0.05, 0.1) is 0 Å². The van der Waals surface area contributed by atoms with Gasteiger partial charge in [-0.2, -0.15) is 0 Å². The van der Waals surface area contributed by atoms with Crippen molar-refractivity contribution in [1.29, 1.82) is 0 Å². The molecule has 24 heavy (non-hydrogen) atoms. The molecule has 0 radical (unpaired) electrons. The first-order chi connectivity index (χ1) is 11.7. The lowest BCUT2D eigenvalue weighted by molar-refractivity contribution is -0.115. The predicted molar refractivity (Wildman–Crippen MR) is 92.1 cm³/mol. The molecule has 1 aromatic heterocycles. The van der Waals surface area contributed by atoms with Crippen molar-refractivity contribution in [2.24, 2.45) is 0 Å². The van der Waals surface area contributed by atoms with E-state index in [9.17, 15) is 9.18 Å². The summed E-state index contributed by atoms with van der Waals surface area (Å²) in [6, 6.07) is 16.8. The minimum atomic E-state index is -0.515. The summed E-state index contributed by atoms with van der Waals surface area (Å²) in [6.07, 6.45) is 3.27. The van der Waals surface area contributed by atoms with Gasteiger partial charge in [-0.3, -0.25) is 4.79 Å². The summed E-state index contributed by atoms with van der Waals surface area (Å²) in [5.74, 6) is -0.565. The average Bonchev–Trinajstić information content (AvgIpc) is 2.63. The predicted octanol–water partition coefficient (Wildman–Crippen LogP) is 4.09. The maximum absolute atomic E-state index is 13.0. The van der Waals surface area contributed by atoms with Crippen LogP contribution < -0.4 is 5.32 Å². The van der Waals surface area contributed by atoms with Gasteiger partial charge >= 0.3 is 0 Å². The second-order valence-corrected chi connectivity index (χ2v) is 6.01. The van der Waals surface area contributed by atoms with Crippen molar-refractivity contribution in [2.75, 3.05) is 5.32 Å². The lowest BCUT2D eigenvalue weighted by Gasteiger charge is -2.16. The smallest absolute Gasteiger partial charge is 0.242 e. The second kappa shape index (κ2) is 7.70. The van der Waals surface area contributed by atoms with E-state index >= 15 is 0 Å². The van der Waals surface area contributed by atoms with E-state index in [0.717, 1.165) is 5.56 Å². The number of nitrogens with one attached hydrogen (secondary N) is 1. The Morgan fingerprint density at radius 3 is 2.29 bits per heavy atom. The molecule has 1 amide bonds. The van der Waals surface area contributed by atoms with Crippen molar-refractivity contribution in [1.82, 2.24) is 9.97 Å². The summed E-state index contributed by atoms with van der Waals surface area (Å²) < 4.78 is 13.0. The zero-order chi connectivity index (χ0) is 16.8. The van der Waals surface area contributed by atoms with Crippen molar-refractivity contribution >= 4 is 23.4 Å². The maximum Gasteiger partial charge on any atom is 0.242 e. The highest BCUT2D eigenvalue weighted by atomic mass is 32.2. The summed E-state index contributed by atoms with van der Waals surface area (Å²) >= 11 is 1.26. The lowest BCUT2D eigenvalue weighted by Crippen LogP contribution is -2.19. The molecule has 3 aromatic rings. The molecule has 1 N–H and O–H groups in total. The molecule has 1 heterocycles. The van der Waals surface area contributed by atoms with Crippen LogP contribution in [0.5, 0.6) is 0 Å². The number of thioether (sulfide) groups is 1. The van der Waals surface area contributed by atoms with Crippen LogP contribution in [0.15, 0.2) is 78.2 Å². The molecule has 0 unspecified atom stereocenters. The minimum absolute atomic E-state index is 0.217. The van der Waals surface area contributed by atoms with Gasteiger partial charge in [0.2, 0.25) is 5.91 Å². The van der Waals surface area contributed by atoms with E-state index in [4.69, 9.17) is 0 Å². The van der Waals surface area contributed by atoms with E-state index in [1.165, 1.54) is 36.0 Å². The van der Waals surface area contributed by atoms with Crippen LogP contribution in [0.2, 0.25) is 0 Å². The van der Waals surface area contributed by atoms with E-state index < -0.39 is 5.25 Å². The Kier molecular flexibility index (Phi) is 5.18. The molecule has 0 aliphatic heterocycles. The highest BCUT2D eigenvalue weighted by Crippen LogP contribution is 2.34. The number of halogens is 1. The minimum Gasteiger partial charge on any atom is -0.325 e. The molecular formula is C18H14FN3OS. The number of rotatable bonds is 5. The topological polar surface area (TPSA) is 54.9 Å². The molecule has 0 saturated heterocycles. The van der Waals surface area contributed by atoms with Crippen molar-refractivity contribution in [2.45, 2.75) is 10.4 Å². The highest BCUT2D eigenvalue weighted by Gasteiger charge is 2.23. The van der Waals surface area contributed by atoms with Crippen LogP contribution in [0.4, 0.5) is 10.1 Å². The zero-order valence-corrected chi connectivity index (χ0v) is 13.4. The fourth-order valence-electron chi connectivity index (χ4n) is 2.09. The quantitative estimate of drug-likeness (QED) is 0.562. The Hall–Kier alpha value is -2.73. The molecule has 3 rings (SSSR count). The maximum atomic E-state index is 13.0.